The first kappa shape index (κ1) is 11.5. The van der Waals surface area contributed by atoms with Crippen molar-refractivity contribution in [3.63, 3.8) is 0 Å². The van der Waals surface area contributed by atoms with Crippen molar-refractivity contribution in [1.82, 2.24) is 9.61 Å². The predicted octanol–water partition coefficient (Wildman–Crippen LogP) is 4.48. The lowest BCUT2D eigenvalue weighted by Crippen LogP contribution is -1.99. The van der Waals surface area contributed by atoms with Crippen molar-refractivity contribution >= 4 is 27.9 Å². The number of halogens is 1. The van der Waals surface area contributed by atoms with Crippen LogP contribution in [0.1, 0.15) is 25.5 Å². The van der Waals surface area contributed by atoms with Gasteiger partial charge in [-0.2, -0.15) is 5.10 Å². The van der Waals surface area contributed by atoms with Crippen molar-refractivity contribution in [3.05, 3.63) is 47.2 Å². The van der Waals surface area contributed by atoms with Crippen molar-refractivity contribution in [2.45, 2.75) is 26.2 Å². The molecule has 3 heteroatoms. The van der Waals surface area contributed by atoms with E-state index in [9.17, 15) is 0 Å². The minimum absolute atomic E-state index is 0.770. The fourth-order valence-electron chi connectivity index (χ4n) is 2.39. The second kappa shape index (κ2) is 4.62. The average molecular weight is 259 g/mol. The Bertz CT molecular complexity index is 700. The number of benzene rings is 1. The molecule has 0 unspecified atom stereocenters. The Labute approximate surface area is 111 Å². The summed E-state index contributed by atoms with van der Waals surface area (Å²) in [4.78, 5) is 0. The van der Waals surface area contributed by atoms with Gasteiger partial charge in [0.15, 0.2) is 0 Å². The molecule has 0 bridgehead atoms. The third kappa shape index (κ3) is 1.87. The summed E-state index contributed by atoms with van der Waals surface area (Å²) in [6.45, 7) is 2.21. The predicted molar refractivity (Wildman–Crippen MR) is 76.3 cm³/mol. The van der Waals surface area contributed by atoms with Crippen LogP contribution < -0.4 is 0 Å². The molecule has 0 spiro atoms. The lowest BCUT2D eigenvalue weighted by Gasteiger charge is -2.08. The zero-order valence-corrected chi connectivity index (χ0v) is 11.1. The van der Waals surface area contributed by atoms with E-state index in [1.54, 1.807) is 0 Å². The van der Waals surface area contributed by atoms with Crippen LogP contribution in [0.2, 0.25) is 5.02 Å². The summed E-state index contributed by atoms with van der Waals surface area (Å²) in [5, 5.41) is 7.60. The number of hydrogen-bond acceptors (Lipinski definition) is 1. The van der Waals surface area contributed by atoms with Gasteiger partial charge in [0, 0.05) is 16.1 Å². The number of unbranched alkanes of at least 4 members (excludes halogenated alkanes) is 1. The number of pyridine rings is 1. The molecule has 3 aromatic rings. The second-order valence-corrected chi connectivity index (χ2v) is 5.04. The Balaban J connectivity index is 2.29. The minimum atomic E-state index is 0.770. The quantitative estimate of drug-likeness (QED) is 0.677. The summed E-state index contributed by atoms with van der Waals surface area (Å²) >= 11 is 6.08. The van der Waals surface area contributed by atoms with Gasteiger partial charge in [0.1, 0.15) is 0 Å². The third-order valence-electron chi connectivity index (χ3n) is 3.31. The van der Waals surface area contributed by atoms with Crippen molar-refractivity contribution in [1.29, 1.82) is 0 Å². The fourth-order valence-corrected chi connectivity index (χ4v) is 2.56. The van der Waals surface area contributed by atoms with Crippen molar-refractivity contribution in [3.8, 4) is 0 Å². The summed E-state index contributed by atoms with van der Waals surface area (Å²) in [6.07, 6.45) is 5.30. The van der Waals surface area contributed by atoms with Crippen molar-refractivity contribution in [2.24, 2.45) is 0 Å². The smallest absolute Gasteiger partial charge is 0.0743 e. The number of fused-ring (bicyclic) bond motifs is 3. The van der Waals surface area contributed by atoms with Gasteiger partial charge in [-0.25, -0.2) is 4.52 Å². The highest BCUT2D eigenvalue weighted by Crippen LogP contribution is 2.25. The highest BCUT2D eigenvalue weighted by Gasteiger charge is 2.07. The van der Waals surface area contributed by atoms with E-state index in [0.717, 1.165) is 17.0 Å². The lowest BCUT2D eigenvalue weighted by molar-refractivity contribution is 0.746. The molecule has 0 saturated heterocycles. The Morgan fingerprint density at radius 3 is 2.94 bits per heavy atom. The normalized spacial score (nSPS) is 11.4. The highest BCUT2D eigenvalue weighted by molar-refractivity contribution is 6.31. The van der Waals surface area contributed by atoms with Crippen LogP contribution in [0.4, 0.5) is 0 Å². The summed E-state index contributed by atoms with van der Waals surface area (Å²) < 4.78 is 2.04. The van der Waals surface area contributed by atoms with Crippen LogP contribution in [0.5, 0.6) is 0 Å². The number of hydrogen-bond donors (Lipinski definition) is 0. The zero-order chi connectivity index (χ0) is 12.5. The molecular formula is C15H15ClN2. The molecule has 0 fully saturated rings. The number of rotatable bonds is 3. The van der Waals surface area contributed by atoms with E-state index in [2.05, 4.69) is 24.2 Å². The van der Waals surface area contributed by atoms with E-state index in [1.807, 2.05) is 28.9 Å². The molecular weight excluding hydrogens is 244 g/mol. The van der Waals surface area contributed by atoms with Crippen LogP contribution in [0.25, 0.3) is 16.3 Å². The van der Waals surface area contributed by atoms with Gasteiger partial charge in [-0.05, 0) is 42.5 Å². The van der Waals surface area contributed by atoms with Gasteiger partial charge in [0.05, 0.1) is 11.7 Å². The molecule has 0 aliphatic carbocycles. The van der Waals surface area contributed by atoms with E-state index < -0.39 is 0 Å². The molecule has 92 valence electrons. The van der Waals surface area contributed by atoms with Crippen LogP contribution in [0, 0.1) is 0 Å². The molecule has 1 aromatic carbocycles. The van der Waals surface area contributed by atoms with Gasteiger partial charge in [-0.3, -0.25) is 0 Å². The van der Waals surface area contributed by atoms with Gasteiger partial charge >= 0.3 is 0 Å². The van der Waals surface area contributed by atoms with E-state index in [1.165, 1.54) is 29.3 Å². The van der Waals surface area contributed by atoms with E-state index in [4.69, 9.17) is 11.6 Å². The largest absolute Gasteiger partial charge is 0.237 e. The van der Waals surface area contributed by atoms with E-state index in [0.29, 0.717) is 0 Å². The lowest BCUT2D eigenvalue weighted by atomic mass is 10.1. The molecule has 2 heterocycles. The molecule has 0 N–H and O–H groups in total. The third-order valence-corrected chi connectivity index (χ3v) is 3.55. The van der Waals surface area contributed by atoms with Gasteiger partial charge < -0.3 is 0 Å². The van der Waals surface area contributed by atoms with Crippen LogP contribution in [0.3, 0.4) is 0 Å². The molecule has 0 radical (unpaired) electrons. The van der Waals surface area contributed by atoms with Crippen LogP contribution in [-0.4, -0.2) is 9.61 Å². The maximum absolute atomic E-state index is 6.08. The molecule has 2 nitrogen and oxygen atoms in total. The standard InChI is InChI=1S/C15H15ClN2/c1-2-3-4-13-9-11-5-6-12(16)10-14(11)15-7-8-17-18(13)15/h5-10H,2-4H2,1H3. The van der Waals surface area contributed by atoms with Gasteiger partial charge in [0.25, 0.3) is 0 Å². The van der Waals surface area contributed by atoms with Gasteiger partial charge in [0.2, 0.25) is 0 Å². The van der Waals surface area contributed by atoms with Crippen LogP contribution in [-0.2, 0) is 6.42 Å². The first-order valence-electron chi connectivity index (χ1n) is 6.34. The minimum Gasteiger partial charge on any atom is -0.237 e. The molecule has 0 saturated carbocycles. The molecule has 0 aliphatic rings. The molecule has 0 aliphatic heterocycles. The van der Waals surface area contributed by atoms with Gasteiger partial charge in [-0.1, -0.05) is 31.0 Å². The average Bonchev–Trinajstić information content (AvgIpc) is 2.86. The van der Waals surface area contributed by atoms with Crippen molar-refractivity contribution < 1.29 is 0 Å². The molecule has 3 rings (SSSR count). The summed E-state index contributed by atoms with van der Waals surface area (Å²) in [5.41, 5.74) is 2.41. The maximum Gasteiger partial charge on any atom is 0.0743 e. The summed E-state index contributed by atoms with van der Waals surface area (Å²) in [5.74, 6) is 0. The zero-order valence-electron chi connectivity index (χ0n) is 10.4. The Morgan fingerprint density at radius 2 is 2.11 bits per heavy atom. The SMILES string of the molecule is CCCCc1cc2ccc(Cl)cc2c2ccnn12. The number of aromatic nitrogens is 2. The van der Waals surface area contributed by atoms with E-state index in [-0.39, 0.29) is 0 Å². The Hall–Kier alpha value is -1.54. The second-order valence-electron chi connectivity index (χ2n) is 4.60. The highest BCUT2D eigenvalue weighted by atomic mass is 35.5. The Kier molecular flexibility index (Phi) is 2.96. The topological polar surface area (TPSA) is 17.3 Å². The number of aryl methyl sites for hydroxylation is 1. The molecule has 2 aromatic heterocycles. The van der Waals surface area contributed by atoms with Crippen LogP contribution in [0.15, 0.2) is 36.5 Å². The Morgan fingerprint density at radius 1 is 1.22 bits per heavy atom. The van der Waals surface area contributed by atoms with Crippen molar-refractivity contribution in [2.75, 3.05) is 0 Å². The first-order chi connectivity index (χ1) is 8.79. The molecule has 0 amide bonds. The fraction of sp³-hybridized carbons (Fsp3) is 0.267. The maximum atomic E-state index is 6.08. The monoisotopic (exact) mass is 258 g/mol. The molecule has 18 heavy (non-hydrogen) atoms. The first-order valence-corrected chi connectivity index (χ1v) is 6.72. The van der Waals surface area contributed by atoms with E-state index >= 15 is 0 Å². The molecule has 0 atom stereocenters. The van der Waals surface area contributed by atoms with Gasteiger partial charge in [-0.15, -0.1) is 0 Å². The summed E-state index contributed by atoms with van der Waals surface area (Å²) in [6, 6.07) is 10.3. The number of nitrogens with zero attached hydrogens (tertiary/aromatic N) is 2. The summed E-state index contributed by atoms with van der Waals surface area (Å²) in [7, 11) is 0. The van der Waals surface area contributed by atoms with Crippen LogP contribution >= 0.6 is 11.6 Å².